The Kier molecular flexibility index (Phi) is 4.33. The second kappa shape index (κ2) is 5.62. The second-order valence-electron chi connectivity index (χ2n) is 4.59. The van der Waals surface area contributed by atoms with Gasteiger partial charge in [0.1, 0.15) is 0 Å². The molecule has 0 aliphatic rings. The molecule has 0 saturated carbocycles. The van der Waals surface area contributed by atoms with E-state index < -0.39 is 0 Å². The highest BCUT2D eigenvalue weighted by Crippen LogP contribution is 2.35. The zero-order valence-electron chi connectivity index (χ0n) is 10.3. The first-order valence-corrected chi connectivity index (χ1v) is 7.30. The molecule has 18 heavy (non-hydrogen) atoms. The maximum atomic E-state index is 6.20. The minimum atomic E-state index is -0.109. The third-order valence-electron chi connectivity index (χ3n) is 2.82. The Hall–Kier alpha value is -0.540. The van der Waals surface area contributed by atoms with Crippen molar-refractivity contribution in [3.63, 3.8) is 0 Å². The van der Waals surface area contributed by atoms with Gasteiger partial charge in [0.25, 0.3) is 0 Å². The summed E-state index contributed by atoms with van der Waals surface area (Å²) in [5, 5.41) is 0. The topological polar surface area (TPSA) is 26.0 Å². The standard InChI is InChI=1S/C14H15Cl2NS/c1-8-3-9(2)5-10(4-8)6-12(17)11-7-13(15)18-14(11)16/h3-5,7,12H,6,17H2,1-2H3. The van der Waals surface area contributed by atoms with Crippen LogP contribution in [-0.4, -0.2) is 0 Å². The molecule has 0 aliphatic heterocycles. The fourth-order valence-electron chi connectivity index (χ4n) is 2.16. The molecule has 1 aromatic heterocycles. The molecule has 4 heteroatoms. The normalized spacial score (nSPS) is 12.7. The number of hydrogen-bond donors (Lipinski definition) is 1. The molecule has 0 fully saturated rings. The fourth-order valence-corrected chi connectivity index (χ4v) is 3.75. The van der Waals surface area contributed by atoms with E-state index in [-0.39, 0.29) is 6.04 Å². The van der Waals surface area contributed by atoms with E-state index in [2.05, 4.69) is 32.0 Å². The van der Waals surface area contributed by atoms with Crippen LogP contribution in [-0.2, 0) is 6.42 Å². The monoisotopic (exact) mass is 299 g/mol. The lowest BCUT2D eigenvalue weighted by molar-refractivity contribution is 0.724. The van der Waals surface area contributed by atoms with Crippen LogP contribution in [0.25, 0.3) is 0 Å². The van der Waals surface area contributed by atoms with E-state index in [4.69, 9.17) is 28.9 Å². The van der Waals surface area contributed by atoms with Crippen LogP contribution in [0, 0.1) is 13.8 Å². The van der Waals surface area contributed by atoms with Gasteiger partial charge in [0.05, 0.1) is 8.67 Å². The molecule has 2 N–H and O–H groups in total. The number of hydrogen-bond acceptors (Lipinski definition) is 2. The van der Waals surface area contributed by atoms with Crippen molar-refractivity contribution in [1.82, 2.24) is 0 Å². The van der Waals surface area contributed by atoms with Crippen LogP contribution in [0.5, 0.6) is 0 Å². The highest BCUT2D eigenvalue weighted by molar-refractivity contribution is 7.20. The molecule has 0 spiro atoms. The van der Waals surface area contributed by atoms with Crippen LogP contribution in [0.2, 0.25) is 8.67 Å². The van der Waals surface area contributed by atoms with Gasteiger partial charge in [0.15, 0.2) is 0 Å². The van der Waals surface area contributed by atoms with Crippen molar-refractivity contribution in [3.8, 4) is 0 Å². The summed E-state index contributed by atoms with van der Waals surface area (Å²) in [4.78, 5) is 0. The highest BCUT2D eigenvalue weighted by atomic mass is 35.5. The SMILES string of the molecule is Cc1cc(C)cc(CC(N)c2cc(Cl)sc2Cl)c1. The first kappa shape index (κ1) is 13.9. The summed E-state index contributed by atoms with van der Waals surface area (Å²) in [6, 6.07) is 8.23. The Morgan fingerprint density at radius 2 is 1.72 bits per heavy atom. The molecule has 1 nitrogen and oxygen atoms in total. The molecule has 0 saturated heterocycles. The van der Waals surface area contributed by atoms with Crippen LogP contribution in [0.4, 0.5) is 0 Å². The first-order chi connectivity index (χ1) is 8.45. The van der Waals surface area contributed by atoms with Crippen molar-refractivity contribution in [3.05, 3.63) is 55.2 Å². The number of thiophene rings is 1. The lowest BCUT2D eigenvalue weighted by atomic mass is 9.99. The van der Waals surface area contributed by atoms with E-state index in [1.54, 1.807) is 0 Å². The van der Waals surface area contributed by atoms with E-state index in [9.17, 15) is 0 Å². The maximum absolute atomic E-state index is 6.20. The van der Waals surface area contributed by atoms with Crippen molar-refractivity contribution in [2.24, 2.45) is 5.73 Å². The molecule has 2 rings (SSSR count). The molecule has 1 unspecified atom stereocenters. The van der Waals surface area contributed by atoms with Gasteiger partial charge in [0, 0.05) is 11.6 Å². The molecule has 0 aliphatic carbocycles. The van der Waals surface area contributed by atoms with Crippen LogP contribution < -0.4 is 5.73 Å². The average molecular weight is 300 g/mol. The average Bonchev–Trinajstić information content (AvgIpc) is 2.56. The van der Waals surface area contributed by atoms with Gasteiger partial charge >= 0.3 is 0 Å². The van der Waals surface area contributed by atoms with Crippen molar-refractivity contribution < 1.29 is 0 Å². The molecule has 1 atom stereocenters. The van der Waals surface area contributed by atoms with Gasteiger partial charge < -0.3 is 5.73 Å². The summed E-state index contributed by atoms with van der Waals surface area (Å²) in [6.45, 7) is 4.19. The predicted molar refractivity (Wildman–Crippen MR) is 80.9 cm³/mol. The number of rotatable bonds is 3. The van der Waals surface area contributed by atoms with Gasteiger partial charge in [-0.3, -0.25) is 0 Å². The number of benzene rings is 1. The molecule has 96 valence electrons. The number of aryl methyl sites for hydroxylation is 2. The van der Waals surface area contributed by atoms with Crippen LogP contribution in [0.15, 0.2) is 24.3 Å². The molecule has 1 heterocycles. The van der Waals surface area contributed by atoms with Crippen LogP contribution in [0.1, 0.15) is 28.3 Å². The first-order valence-electron chi connectivity index (χ1n) is 5.73. The van der Waals surface area contributed by atoms with E-state index in [1.165, 1.54) is 28.0 Å². The summed E-state index contributed by atoms with van der Waals surface area (Å²) in [7, 11) is 0. The summed E-state index contributed by atoms with van der Waals surface area (Å²) in [6.07, 6.45) is 0.773. The highest BCUT2D eigenvalue weighted by Gasteiger charge is 2.14. The minimum absolute atomic E-state index is 0.109. The van der Waals surface area contributed by atoms with Gasteiger partial charge in [-0.05, 0) is 31.9 Å². The van der Waals surface area contributed by atoms with Gasteiger partial charge in [-0.25, -0.2) is 0 Å². The summed E-state index contributed by atoms with van der Waals surface area (Å²) in [5.74, 6) is 0. The van der Waals surface area contributed by atoms with Gasteiger partial charge in [-0.1, -0.05) is 52.5 Å². The lowest BCUT2D eigenvalue weighted by Gasteiger charge is -2.12. The maximum Gasteiger partial charge on any atom is 0.0992 e. The van der Waals surface area contributed by atoms with Crippen molar-refractivity contribution in [2.45, 2.75) is 26.3 Å². The Bertz CT molecular complexity index is 543. The second-order valence-corrected chi connectivity index (χ2v) is 6.87. The molecule has 2 aromatic rings. The third kappa shape index (κ3) is 3.27. The van der Waals surface area contributed by atoms with Gasteiger partial charge in [-0.2, -0.15) is 0 Å². The Balaban J connectivity index is 2.20. The quantitative estimate of drug-likeness (QED) is 0.856. The van der Waals surface area contributed by atoms with Gasteiger partial charge in [0.2, 0.25) is 0 Å². The fraction of sp³-hybridized carbons (Fsp3) is 0.286. The molecular weight excluding hydrogens is 285 g/mol. The lowest BCUT2D eigenvalue weighted by Crippen LogP contribution is -2.13. The van der Waals surface area contributed by atoms with E-state index in [0.717, 1.165) is 12.0 Å². The van der Waals surface area contributed by atoms with Crippen molar-refractivity contribution in [1.29, 1.82) is 0 Å². The van der Waals surface area contributed by atoms with E-state index in [0.29, 0.717) is 8.67 Å². The Morgan fingerprint density at radius 1 is 1.11 bits per heavy atom. The summed E-state index contributed by atoms with van der Waals surface area (Å²) >= 11 is 13.4. The van der Waals surface area contributed by atoms with Crippen molar-refractivity contribution >= 4 is 34.5 Å². The van der Waals surface area contributed by atoms with Gasteiger partial charge in [-0.15, -0.1) is 11.3 Å². The Morgan fingerprint density at radius 3 is 2.22 bits per heavy atom. The molecule has 1 aromatic carbocycles. The zero-order chi connectivity index (χ0) is 13.3. The van der Waals surface area contributed by atoms with E-state index in [1.807, 2.05) is 6.07 Å². The Labute approximate surface area is 122 Å². The van der Waals surface area contributed by atoms with E-state index >= 15 is 0 Å². The summed E-state index contributed by atoms with van der Waals surface area (Å²) < 4.78 is 1.38. The minimum Gasteiger partial charge on any atom is -0.324 e. The molecular formula is C14H15Cl2NS. The van der Waals surface area contributed by atoms with Crippen LogP contribution >= 0.6 is 34.5 Å². The van der Waals surface area contributed by atoms with Crippen molar-refractivity contribution in [2.75, 3.05) is 0 Å². The predicted octanol–water partition coefficient (Wildman–Crippen LogP) is 4.91. The molecule has 0 bridgehead atoms. The molecule has 0 amide bonds. The smallest absolute Gasteiger partial charge is 0.0992 e. The third-order valence-corrected chi connectivity index (χ3v) is 4.34. The van der Waals surface area contributed by atoms with Crippen LogP contribution in [0.3, 0.4) is 0 Å². The number of halogens is 2. The molecule has 0 radical (unpaired) electrons. The zero-order valence-corrected chi connectivity index (χ0v) is 12.7. The number of nitrogens with two attached hydrogens (primary N) is 1. The summed E-state index contributed by atoms with van der Waals surface area (Å²) in [5.41, 5.74) is 10.9. The largest absolute Gasteiger partial charge is 0.324 e.